The number of hydrogen-bond donors (Lipinski definition) is 1. The number of hydrogen-bond acceptors (Lipinski definition) is 5. The Balaban J connectivity index is 1.88. The van der Waals surface area contributed by atoms with Crippen molar-refractivity contribution in [3.05, 3.63) is 54.6 Å². The number of rotatable bonds is 13. The average molecular weight is 586 g/mol. The Kier molecular flexibility index (Phi) is 9.36. The zero-order valence-electron chi connectivity index (χ0n) is 24.7. The molecule has 4 rings (SSSR count). The number of benzene rings is 1. The van der Waals surface area contributed by atoms with Gasteiger partial charge in [-0.15, -0.1) is 13.2 Å². The standard InChI is InChI=1S/C32H44ClN3O5/c1-7-17-34(18-8-2)28(38)25-26-29(39)36(24(20-37)21(5)6)27(32(26)16-15-31(25,10-4)41-32)30(40)35(19-9-3)23-13-11-22(33)12-14-23/h7,9,11-14,21,24-27,37H,1,3,8,10,15-20H2,2,4-6H3/t24-,25+,26-,27?,31-,32?/m0/s1. The molecule has 0 aliphatic carbocycles. The van der Waals surface area contributed by atoms with Crippen LogP contribution in [0.1, 0.15) is 53.4 Å². The number of ether oxygens (including phenoxy) is 1. The van der Waals surface area contributed by atoms with Crippen LogP contribution in [-0.2, 0) is 19.1 Å². The highest BCUT2D eigenvalue weighted by Crippen LogP contribution is 2.65. The van der Waals surface area contributed by atoms with Crippen molar-refractivity contribution in [3.63, 3.8) is 0 Å². The van der Waals surface area contributed by atoms with E-state index in [1.807, 2.05) is 27.7 Å². The molecule has 3 fully saturated rings. The molecule has 0 radical (unpaired) electrons. The molecule has 8 nitrogen and oxygen atoms in total. The van der Waals surface area contributed by atoms with Crippen LogP contribution >= 0.6 is 11.6 Å². The zero-order valence-corrected chi connectivity index (χ0v) is 25.5. The van der Waals surface area contributed by atoms with Gasteiger partial charge in [0.05, 0.1) is 30.1 Å². The summed E-state index contributed by atoms with van der Waals surface area (Å²) in [5.41, 5.74) is -1.42. The van der Waals surface area contributed by atoms with E-state index in [4.69, 9.17) is 16.3 Å². The Labute approximate surface area is 248 Å². The van der Waals surface area contributed by atoms with Gasteiger partial charge in [-0.1, -0.05) is 51.4 Å². The molecule has 2 bridgehead atoms. The number of fused-ring (bicyclic) bond motifs is 1. The molecule has 3 heterocycles. The van der Waals surface area contributed by atoms with E-state index in [1.54, 1.807) is 51.1 Å². The van der Waals surface area contributed by atoms with Crippen LogP contribution in [0.2, 0.25) is 5.02 Å². The molecule has 3 aliphatic rings. The third-order valence-corrected chi connectivity index (χ3v) is 9.56. The average Bonchev–Trinajstić information content (AvgIpc) is 3.56. The summed E-state index contributed by atoms with van der Waals surface area (Å²) in [5.74, 6) is -2.44. The minimum atomic E-state index is -1.19. The second-order valence-corrected chi connectivity index (χ2v) is 12.3. The molecule has 3 aliphatic heterocycles. The minimum absolute atomic E-state index is 0.132. The first-order chi connectivity index (χ1) is 19.6. The van der Waals surface area contributed by atoms with E-state index >= 15 is 0 Å². The van der Waals surface area contributed by atoms with Crippen molar-refractivity contribution in [2.75, 3.05) is 31.1 Å². The lowest BCUT2D eigenvalue weighted by Gasteiger charge is -2.40. The first kappa shape index (κ1) is 31.3. The van der Waals surface area contributed by atoms with Gasteiger partial charge in [-0.05, 0) is 55.9 Å². The summed E-state index contributed by atoms with van der Waals surface area (Å²) < 4.78 is 6.94. The molecule has 1 spiro atoms. The van der Waals surface area contributed by atoms with Crippen molar-refractivity contribution in [2.45, 2.75) is 76.7 Å². The van der Waals surface area contributed by atoms with Gasteiger partial charge in [0, 0.05) is 30.3 Å². The van der Waals surface area contributed by atoms with E-state index in [-0.39, 0.29) is 36.8 Å². The summed E-state index contributed by atoms with van der Waals surface area (Å²) in [4.78, 5) is 48.5. The van der Waals surface area contributed by atoms with Gasteiger partial charge in [-0.3, -0.25) is 14.4 Å². The zero-order chi connectivity index (χ0) is 30.1. The maximum Gasteiger partial charge on any atom is 0.253 e. The van der Waals surface area contributed by atoms with Crippen molar-refractivity contribution in [1.29, 1.82) is 0 Å². The molecule has 41 heavy (non-hydrogen) atoms. The second kappa shape index (κ2) is 12.3. The molecule has 6 atom stereocenters. The summed E-state index contributed by atoms with van der Waals surface area (Å²) in [5, 5.41) is 11.1. The van der Waals surface area contributed by atoms with E-state index in [1.165, 1.54) is 0 Å². The number of amides is 3. The highest BCUT2D eigenvalue weighted by Gasteiger charge is 2.79. The van der Waals surface area contributed by atoms with Crippen molar-refractivity contribution < 1.29 is 24.2 Å². The van der Waals surface area contributed by atoms with Crippen molar-refractivity contribution in [2.24, 2.45) is 17.8 Å². The van der Waals surface area contributed by atoms with Crippen LogP contribution in [0.15, 0.2) is 49.6 Å². The number of aliphatic hydroxyl groups excluding tert-OH is 1. The molecule has 1 N–H and O–H groups in total. The van der Waals surface area contributed by atoms with Gasteiger partial charge in [-0.25, -0.2) is 0 Å². The van der Waals surface area contributed by atoms with Crippen LogP contribution in [-0.4, -0.2) is 82.2 Å². The fraction of sp³-hybridized carbons (Fsp3) is 0.594. The molecule has 1 aromatic carbocycles. The highest BCUT2D eigenvalue weighted by molar-refractivity contribution is 6.30. The lowest BCUT2D eigenvalue weighted by molar-refractivity contribution is -0.154. The normalized spacial score (nSPS) is 29.0. The maximum absolute atomic E-state index is 14.7. The fourth-order valence-corrected chi connectivity index (χ4v) is 7.55. The number of nitrogens with zero attached hydrogens (tertiary/aromatic N) is 3. The number of carbonyl (C=O) groups excluding carboxylic acids is 3. The summed E-state index contributed by atoms with van der Waals surface area (Å²) in [6, 6.07) is 5.31. The van der Waals surface area contributed by atoms with Gasteiger partial charge in [0.1, 0.15) is 11.6 Å². The summed E-state index contributed by atoms with van der Waals surface area (Å²) in [6.07, 6.45) is 5.70. The fourth-order valence-electron chi connectivity index (χ4n) is 7.42. The third kappa shape index (κ3) is 5.02. The molecule has 224 valence electrons. The Morgan fingerprint density at radius 1 is 1.15 bits per heavy atom. The second-order valence-electron chi connectivity index (χ2n) is 11.9. The molecular formula is C32H44ClN3O5. The van der Waals surface area contributed by atoms with Crippen LogP contribution in [0.3, 0.4) is 0 Å². The number of carbonyl (C=O) groups is 3. The highest BCUT2D eigenvalue weighted by atomic mass is 35.5. The van der Waals surface area contributed by atoms with E-state index < -0.39 is 35.1 Å². The lowest BCUT2D eigenvalue weighted by Crippen LogP contribution is -2.60. The first-order valence-corrected chi connectivity index (χ1v) is 15.2. The molecule has 0 aromatic heterocycles. The number of likely N-dealkylation sites (tertiary alicyclic amines) is 1. The SMILES string of the molecule is C=CCN(CCC)C(=O)[C@H]1[C@H]2C(=O)N([C@@H](CO)C(C)C)C(C(=O)N(CC=C)c3ccc(Cl)cc3)C23CC[C@]1(CC)O3. The van der Waals surface area contributed by atoms with Crippen molar-refractivity contribution in [1.82, 2.24) is 9.80 Å². The summed E-state index contributed by atoms with van der Waals surface area (Å²) in [7, 11) is 0. The smallest absolute Gasteiger partial charge is 0.253 e. The van der Waals surface area contributed by atoms with Crippen molar-refractivity contribution >= 4 is 35.0 Å². The summed E-state index contributed by atoms with van der Waals surface area (Å²) >= 11 is 6.14. The van der Waals surface area contributed by atoms with Crippen LogP contribution in [0.5, 0.6) is 0 Å². The van der Waals surface area contributed by atoms with Crippen LogP contribution < -0.4 is 4.90 Å². The van der Waals surface area contributed by atoms with Gasteiger partial charge in [0.2, 0.25) is 11.8 Å². The topological polar surface area (TPSA) is 90.4 Å². The monoisotopic (exact) mass is 585 g/mol. The van der Waals surface area contributed by atoms with Crippen molar-refractivity contribution in [3.8, 4) is 0 Å². The van der Waals surface area contributed by atoms with E-state index in [2.05, 4.69) is 13.2 Å². The lowest BCUT2D eigenvalue weighted by atomic mass is 9.64. The van der Waals surface area contributed by atoms with Gasteiger partial charge in [0.15, 0.2) is 0 Å². The molecular weight excluding hydrogens is 542 g/mol. The Bertz CT molecular complexity index is 1170. The third-order valence-electron chi connectivity index (χ3n) is 9.30. The molecule has 3 saturated heterocycles. The predicted octanol–water partition coefficient (Wildman–Crippen LogP) is 4.46. The first-order valence-electron chi connectivity index (χ1n) is 14.8. The molecule has 9 heteroatoms. The number of aliphatic hydroxyl groups is 1. The van der Waals surface area contributed by atoms with Crippen LogP contribution in [0.25, 0.3) is 0 Å². The molecule has 1 aromatic rings. The molecule has 0 saturated carbocycles. The van der Waals surface area contributed by atoms with E-state index in [0.29, 0.717) is 43.1 Å². The minimum Gasteiger partial charge on any atom is -0.394 e. The van der Waals surface area contributed by atoms with Gasteiger partial charge < -0.3 is 24.5 Å². The molecule has 3 amide bonds. The number of anilines is 1. The Morgan fingerprint density at radius 2 is 1.80 bits per heavy atom. The number of halogens is 1. The van der Waals surface area contributed by atoms with E-state index in [0.717, 1.165) is 6.42 Å². The maximum atomic E-state index is 14.7. The van der Waals surface area contributed by atoms with E-state index in [9.17, 15) is 19.5 Å². The summed E-state index contributed by atoms with van der Waals surface area (Å²) in [6.45, 7) is 16.3. The predicted molar refractivity (Wildman–Crippen MR) is 160 cm³/mol. The molecule has 2 unspecified atom stereocenters. The quantitative estimate of drug-likeness (QED) is 0.345. The largest absolute Gasteiger partial charge is 0.394 e. The van der Waals surface area contributed by atoms with Crippen LogP contribution in [0, 0.1) is 17.8 Å². The Hall–Kier alpha value is -2.68. The van der Waals surface area contributed by atoms with Gasteiger partial charge in [-0.2, -0.15) is 0 Å². The van der Waals surface area contributed by atoms with Crippen LogP contribution in [0.4, 0.5) is 5.69 Å². The Morgan fingerprint density at radius 3 is 2.34 bits per heavy atom. The van der Waals surface area contributed by atoms with Gasteiger partial charge >= 0.3 is 0 Å². The van der Waals surface area contributed by atoms with Gasteiger partial charge in [0.25, 0.3) is 5.91 Å².